The third-order valence-corrected chi connectivity index (χ3v) is 6.70. The molecule has 1 aromatic heterocycles. The summed E-state index contributed by atoms with van der Waals surface area (Å²) < 4.78 is 5.31. The first kappa shape index (κ1) is 27.3. The normalized spacial score (nSPS) is 15.3. The molecule has 38 heavy (non-hydrogen) atoms. The Morgan fingerprint density at radius 2 is 1.68 bits per heavy atom. The number of carbonyl (C=O) groups is 3. The average Bonchev–Trinajstić information content (AvgIpc) is 2.93. The maximum absolute atomic E-state index is 13.9. The van der Waals surface area contributed by atoms with Crippen LogP contribution in [0.1, 0.15) is 64.1 Å². The predicted octanol–water partition coefficient (Wildman–Crippen LogP) is 4.91. The lowest BCUT2D eigenvalue weighted by Crippen LogP contribution is -2.55. The third-order valence-electron chi connectivity index (χ3n) is 6.45. The summed E-state index contributed by atoms with van der Waals surface area (Å²) >= 11 is 5.97. The molecule has 4 rings (SSSR count). The van der Waals surface area contributed by atoms with Crippen molar-refractivity contribution < 1.29 is 19.1 Å². The van der Waals surface area contributed by atoms with Crippen molar-refractivity contribution in [2.75, 3.05) is 26.2 Å². The van der Waals surface area contributed by atoms with Crippen molar-refractivity contribution in [2.24, 2.45) is 0 Å². The molecule has 3 aromatic rings. The van der Waals surface area contributed by atoms with Gasteiger partial charge in [-0.1, -0.05) is 55.3 Å². The van der Waals surface area contributed by atoms with Crippen LogP contribution >= 0.6 is 11.6 Å². The SMILES string of the molecule is CCCc1nc(-c2ccccc2)nc(C(=O)N2CCN(C(=O)c3ccc(Cl)cc3)C(C)C2)c1C(=O)OCC. The van der Waals surface area contributed by atoms with Crippen LogP contribution in [0.5, 0.6) is 0 Å². The predicted molar refractivity (Wildman–Crippen MR) is 145 cm³/mol. The van der Waals surface area contributed by atoms with Crippen LogP contribution in [0.4, 0.5) is 0 Å². The van der Waals surface area contributed by atoms with Gasteiger partial charge in [-0.05, 0) is 44.5 Å². The summed E-state index contributed by atoms with van der Waals surface area (Å²) in [5.74, 6) is -0.721. The second-order valence-corrected chi connectivity index (χ2v) is 9.60. The summed E-state index contributed by atoms with van der Waals surface area (Å²) in [5.41, 5.74) is 1.93. The van der Waals surface area contributed by atoms with Gasteiger partial charge in [0, 0.05) is 41.8 Å². The molecule has 1 aliphatic heterocycles. The highest BCUT2D eigenvalue weighted by Crippen LogP contribution is 2.24. The first-order valence-electron chi connectivity index (χ1n) is 12.8. The van der Waals surface area contributed by atoms with E-state index in [9.17, 15) is 14.4 Å². The molecule has 9 heteroatoms. The Labute approximate surface area is 227 Å². The second kappa shape index (κ2) is 12.2. The van der Waals surface area contributed by atoms with E-state index in [4.69, 9.17) is 16.3 Å². The monoisotopic (exact) mass is 534 g/mol. The molecular formula is C29H31ClN4O4. The van der Waals surface area contributed by atoms with Gasteiger partial charge in [0.25, 0.3) is 11.8 Å². The minimum atomic E-state index is -0.608. The van der Waals surface area contributed by atoms with Gasteiger partial charge in [-0.15, -0.1) is 0 Å². The highest BCUT2D eigenvalue weighted by molar-refractivity contribution is 6.30. The molecule has 8 nitrogen and oxygen atoms in total. The minimum Gasteiger partial charge on any atom is -0.462 e. The molecule has 1 atom stereocenters. The molecule has 0 saturated carbocycles. The Kier molecular flexibility index (Phi) is 8.73. The molecule has 2 heterocycles. The quantitative estimate of drug-likeness (QED) is 0.400. The Morgan fingerprint density at radius 1 is 0.974 bits per heavy atom. The molecular weight excluding hydrogens is 504 g/mol. The van der Waals surface area contributed by atoms with Gasteiger partial charge in [0.2, 0.25) is 0 Å². The van der Waals surface area contributed by atoms with Crippen molar-refractivity contribution >= 4 is 29.4 Å². The Bertz CT molecular complexity index is 1310. The zero-order valence-electron chi connectivity index (χ0n) is 21.8. The largest absolute Gasteiger partial charge is 0.462 e. The fourth-order valence-electron chi connectivity index (χ4n) is 4.57. The van der Waals surface area contributed by atoms with E-state index in [-0.39, 0.29) is 35.7 Å². The number of piperazine rings is 1. The fourth-order valence-corrected chi connectivity index (χ4v) is 4.69. The summed E-state index contributed by atoms with van der Waals surface area (Å²) in [4.78, 5) is 52.7. The van der Waals surface area contributed by atoms with Crippen molar-refractivity contribution in [3.8, 4) is 11.4 Å². The number of benzene rings is 2. The number of aryl methyl sites for hydroxylation is 1. The topological polar surface area (TPSA) is 92.7 Å². The Balaban J connectivity index is 1.66. The molecule has 1 saturated heterocycles. The number of esters is 1. The number of carbonyl (C=O) groups excluding carboxylic acids is 3. The van der Waals surface area contributed by atoms with E-state index < -0.39 is 5.97 Å². The van der Waals surface area contributed by atoms with Crippen LogP contribution in [0.25, 0.3) is 11.4 Å². The zero-order valence-corrected chi connectivity index (χ0v) is 22.6. The van der Waals surface area contributed by atoms with Gasteiger partial charge in [0.05, 0.1) is 12.3 Å². The molecule has 2 amide bonds. The van der Waals surface area contributed by atoms with Gasteiger partial charge in [-0.3, -0.25) is 9.59 Å². The number of amides is 2. The van der Waals surface area contributed by atoms with Crippen molar-refractivity contribution in [1.82, 2.24) is 19.8 Å². The highest BCUT2D eigenvalue weighted by Gasteiger charge is 2.34. The van der Waals surface area contributed by atoms with E-state index in [0.717, 1.165) is 12.0 Å². The van der Waals surface area contributed by atoms with E-state index in [0.29, 0.717) is 48.2 Å². The van der Waals surface area contributed by atoms with Gasteiger partial charge in [0.15, 0.2) is 5.82 Å². The van der Waals surface area contributed by atoms with E-state index in [1.165, 1.54) is 0 Å². The molecule has 2 aromatic carbocycles. The second-order valence-electron chi connectivity index (χ2n) is 9.16. The summed E-state index contributed by atoms with van der Waals surface area (Å²) in [6.45, 7) is 6.72. The van der Waals surface area contributed by atoms with Gasteiger partial charge in [0.1, 0.15) is 11.3 Å². The maximum atomic E-state index is 13.9. The molecule has 0 N–H and O–H groups in total. The Hall–Kier alpha value is -3.78. The summed E-state index contributed by atoms with van der Waals surface area (Å²) in [7, 11) is 0. The van der Waals surface area contributed by atoms with Crippen molar-refractivity contribution in [1.29, 1.82) is 0 Å². The van der Waals surface area contributed by atoms with Crippen molar-refractivity contribution in [3.63, 3.8) is 0 Å². The first-order chi connectivity index (χ1) is 18.3. The van der Waals surface area contributed by atoms with E-state index in [1.807, 2.05) is 44.2 Å². The molecule has 1 unspecified atom stereocenters. The van der Waals surface area contributed by atoms with E-state index in [1.54, 1.807) is 41.0 Å². The fraction of sp³-hybridized carbons (Fsp3) is 0.345. The molecule has 0 radical (unpaired) electrons. The van der Waals surface area contributed by atoms with Gasteiger partial charge in [-0.2, -0.15) is 0 Å². The van der Waals surface area contributed by atoms with Crippen LogP contribution in [0, 0.1) is 0 Å². The van der Waals surface area contributed by atoms with Gasteiger partial charge >= 0.3 is 5.97 Å². The number of hydrogen-bond donors (Lipinski definition) is 0. The first-order valence-corrected chi connectivity index (χ1v) is 13.2. The number of ether oxygens (including phenoxy) is 1. The number of halogens is 1. The van der Waals surface area contributed by atoms with Gasteiger partial charge < -0.3 is 14.5 Å². The third kappa shape index (κ3) is 5.86. The number of hydrogen-bond acceptors (Lipinski definition) is 6. The van der Waals surface area contributed by atoms with Crippen LogP contribution < -0.4 is 0 Å². The summed E-state index contributed by atoms with van der Waals surface area (Å²) in [5, 5.41) is 0.560. The molecule has 1 aliphatic rings. The summed E-state index contributed by atoms with van der Waals surface area (Å²) in [6.07, 6.45) is 1.23. The highest BCUT2D eigenvalue weighted by atomic mass is 35.5. The number of nitrogens with zero attached hydrogens (tertiary/aromatic N) is 4. The summed E-state index contributed by atoms with van der Waals surface area (Å²) in [6, 6.07) is 15.9. The number of rotatable bonds is 7. The van der Waals surface area contributed by atoms with Crippen LogP contribution in [0.15, 0.2) is 54.6 Å². The molecule has 198 valence electrons. The standard InChI is InChI=1S/C29H31ClN4O4/c1-4-9-23-24(29(37)38-5-2)25(32-26(31-23)20-10-7-6-8-11-20)28(36)33-16-17-34(19(3)18-33)27(35)21-12-14-22(30)15-13-21/h6-8,10-15,19H,4-5,9,16-18H2,1-3H3. The van der Waals surface area contributed by atoms with Crippen molar-refractivity contribution in [2.45, 2.75) is 39.7 Å². The van der Waals surface area contributed by atoms with E-state index in [2.05, 4.69) is 9.97 Å². The maximum Gasteiger partial charge on any atom is 0.342 e. The lowest BCUT2D eigenvalue weighted by Gasteiger charge is -2.40. The van der Waals surface area contributed by atoms with Crippen LogP contribution in [-0.4, -0.2) is 69.8 Å². The van der Waals surface area contributed by atoms with Crippen molar-refractivity contribution in [3.05, 3.63) is 82.1 Å². The van der Waals surface area contributed by atoms with Crippen LogP contribution in [0.2, 0.25) is 5.02 Å². The molecule has 0 aliphatic carbocycles. The van der Waals surface area contributed by atoms with E-state index >= 15 is 0 Å². The molecule has 0 spiro atoms. The number of aromatic nitrogens is 2. The van der Waals surface area contributed by atoms with Crippen LogP contribution in [-0.2, 0) is 11.2 Å². The average molecular weight is 535 g/mol. The lowest BCUT2D eigenvalue weighted by atomic mass is 10.0. The Morgan fingerprint density at radius 3 is 2.32 bits per heavy atom. The zero-order chi connectivity index (χ0) is 27.2. The molecule has 1 fully saturated rings. The van der Waals surface area contributed by atoms with Crippen LogP contribution in [0.3, 0.4) is 0 Å². The smallest absolute Gasteiger partial charge is 0.342 e. The van der Waals surface area contributed by atoms with Gasteiger partial charge in [-0.25, -0.2) is 14.8 Å². The minimum absolute atomic E-state index is 0.0328. The molecule has 0 bridgehead atoms. The lowest BCUT2D eigenvalue weighted by molar-refractivity contribution is 0.0406.